The predicted octanol–water partition coefficient (Wildman–Crippen LogP) is 3.58. The van der Waals surface area contributed by atoms with Gasteiger partial charge in [-0.15, -0.1) is 0 Å². The highest BCUT2D eigenvalue weighted by Gasteiger charge is 2.38. The first-order valence-electron chi connectivity index (χ1n) is 6.13. The van der Waals surface area contributed by atoms with Gasteiger partial charge < -0.3 is 5.73 Å². The second kappa shape index (κ2) is 5.78. The lowest BCUT2D eigenvalue weighted by Crippen LogP contribution is -2.33. The summed E-state index contributed by atoms with van der Waals surface area (Å²) in [4.78, 5) is 0. The monoisotopic (exact) mass is 219 g/mol. The molecule has 0 heterocycles. The van der Waals surface area contributed by atoms with Gasteiger partial charge in [-0.3, -0.25) is 0 Å². The van der Waals surface area contributed by atoms with Crippen LogP contribution in [0.2, 0.25) is 0 Å². The van der Waals surface area contributed by atoms with Crippen molar-refractivity contribution in [2.24, 2.45) is 17.6 Å². The smallest absolute Gasteiger partial charge is 0.248 e. The molecule has 1 rings (SSSR count). The lowest BCUT2D eigenvalue weighted by Gasteiger charge is -2.30. The minimum atomic E-state index is -2.56. The van der Waals surface area contributed by atoms with Crippen LogP contribution in [0.3, 0.4) is 0 Å². The molecule has 1 atom stereocenters. The fourth-order valence-electron chi connectivity index (χ4n) is 2.80. The largest absolute Gasteiger partial charge is 0.330 e. The second-order valence-corrected chi connectivity index (χ2v) is 4.89. The maximum Gasteiger partial charge on any atom is 0.248 e. The molecule has 3 heteroatoms. The van der Waals surface area contributed by atoms with Crippen molar-refractivity contribution in [2.45, 2.75) is 57.8 Å². The molecular formula is C12H23F2N. The summed E-state index contributed by atoms with van der Waals surface area (Å²) in [6, 6.07) is 0. The second-order valence-electron chi connectivity index (χ2n) is 4.89. The fraction of sp³-hybridized carbons (Fsp3) is 1.00. The van der Waals surface area contributed by atoms with Gasteiger partial charge in [-0.2, -0.15) is 0 Å². The first-order chi connectivity index (χ1) is 7.05. The molecular weight excluding hydrogens is 196 g/mol. The van der Waals surface area contributed by atoms with Crippen molar-refractivity contribution in [3.05, 3.63) is 0 Å². The predicted molar refractivity (Wildman–Crippen MR) is 59.0 cm³/mol. The van der Waals surface area contributed by atoms with Crippen molar-refractivity contribution in [1.82, 2.24) is 0 Å². The molecule has 0 amide bonds. The van der Waals surface area contributed by atoms with E-state index in [9.17, 15) is 8.78 Å². The molecule has 0 aromatic carbocycles. The molecule has 0 spiro atoms. The molecule has 0 bridgehead atoms. The van der Waals surface area contributed by atoms with E-state index in [0.29, 0.717) is 13.0 Å². The first kappa shape index (κ1) is 12.9. The minimum absolute atomic E-state index is 0.191. The Bertz CT molecular complexity index is 169. The summed E-state index contributed by atoms with van der Waals surface area (Å²) >= 11 is 0. The van der Waals surface area contributed by atoms with Gasteiger partial charge >= 0.3 is 0 Å². The van der Waals surface area contributed by atoms with Crippen LogP contribution in [-0.4, -0.2) is 12.5 Å². The molecule has 1 saturated carbocycles. The van der Waals surface area contributed by atoms with Gasteiger partial charge in [0.05, 0.1) is 0 Å². The van der Waals surface area contributed by atoms with E-state index in [1.807, 2.05) is 0 Å². The van der Waals surface area contributed by atoms with E-state index in [2.05, 4.69) is 0 Å². The number of nitrogens with two attached hydrogens (primary N) is 1. The van der Waals surface area contributed by atoms with Crippen molar-refractivity contribution in [2.75, 3.05) is 6.54 Å². The van der Waals surface area contributed by atoms with Crippen LogP contribution in [0.1, 0.15) is 51.9 Å². The Morgan fingerprint density at radius 2 is 1.73 bits per heavy atom. The molecule has 0 saturated heterocycles. The number of halogens is 2. The lowest BCUT2D eigenvalue weighted by molar-refractivity contribution is -0.0682. The van der Waals surface area contributed by atoms with E-state index in [4.69, 9.17) is 5.73 Å². The summed E-state index contributed by atoms with van der Waals surface area (Å²) in [6.45, 7) is 1.43. The van der Waals surface area contributed by atoms with E-state index in [-0.39, 0.29) is 5.92 Å². The average Bonchev–Trinajstić information content (AvgIpc) is 2.40. The maximum atomic E-state index is 13.4. The topological polar surface area (TPSA) is 26.0 Å². The molecule has 1 nitrogen and oxygen atoms in total. The van der Waals surface area contributed by atoms with Crippen LogP contribution < -0.4 is 5.73 Å². The van der Waals surface area contributed by atoms with Crippen molar-refractivity contribution in [3.8, 4) is 0 Å². The highest BCUT2D eigenvalue weighted by Crippen LogP contribution is 2.39. The third-order valence-corrected chi connectivity index (χ3v) is 3.60. The summed E-state index contributed by atoms with van der Waals surface area (Å²) in [5, 5.41) is 0. The average molecular weight is 219 g/mol. The molecule has 0 aromatic rings. The molecule has 1 aliphatic rings. The molecule has 90 valence electrons. The molecule has 2 N–H and O–H groups in total. The Morgan fingerprint density at radius 1 is 1.20 bits per heavy atom. The van der Waals surface area contributed by atoms with Crippen molar-refractivity contribution in [3.63, 3.8) is 0 Å². The fourth-order valence-corrected chi connectivity index (χ4v) is 2.80. The molecule has 0 radical (unpaired) electrons. The third kappa shape index (κ3) is 4.06. The van der Waals surface area contributed by atoms with Crippen LogP contribution in [-0.2, 0) is 0 Å². The van der Waals surface area contributed by atoms with Crippen LogP contribution in [0.4, 0.5) is 8.78 Å². The number of hydrogen-bond donors (Lipinski definition) is 1. The lowest BCUT2D eigenvalue weighted by atomic mass is 9.80. The maximum absolute atomic E-state index is 13.4. The Kier molecular flexibility index (Phi) is 4.97. The van der Waals surface area contributed by atoms with Crippen molar-refractivity contribution < 1.29 is 8.78 Å². The molecule has 1 fully saturated rings. The number of alkyl halides is 2. The Balaban J connectivity index is 2.60. The zero-order chi connectivity index (χ0) is 11.3. The van der Waals surface area contributed by atoms with Gasteiger partial charge in [0.1, 0.15) is 0 Å². The van der Waals surface area contributed by atoms with E-state index < -0.39 is 11.8 Å². The molecule has 0 aliphatic heterocycles. The summed E-state index contributed by atoms with van der Waals surface area (Å²) < 4.78 is 26.9. The van der Waals surface area contributed by atoms with Crippen LogP contribution in [0, 0.1) is 11.8 Å². The highest BCUT2D eigenvalue weighted by molar-refractivity contribution is 4.81. The van der Waals surface area contributed by atoms with Gasteiger partial charge in [0, 0.05) is 5.92 Å². The summed E-state index contributed by atoms with van der Waals surface area (Å²) in [7, 11) is 0. The van der Waals surface area contributed by atoms with E-state index >= 15 is 0 Å². The number of hydrogen-bond acceptors (Lipinski definition) is 1. The van der Waals surface area contributed by atoms with Crippen LogP contribution >= 0.6 is 0 Å². The van der Waals surface area contributed by atoms with Crippen LogP contribution in [0.25, 0.3) is 0 Å². The highest BCUT2D eigenvalue weighted by atomic mass is 19.3. The third-order valence-electron chi connectivity index (χ3n) is 3.60. The first-order valence-corrected chi connectivity index (χ1v) is 6.13. The molecule has 1 unspecified atom stereocenters. The Hall–Kier alpha value is -0.180. The summed E-state index contributed by atoms with van der Waals surface area (Å²) in [5.41, 5.74) is 5.44. The zero-order valence-corrected chi connectivity index (χ0v) is 9.64. The Morgan fingerprint density at radius 3 is 2.13 bits per heavy atom. The number of rotatable bonds is 4. The van der Waals surface area contributed by atoms with Crippen LogP contribution in [0.15, 0.2) is 0 Å². The van der Waals surface area contributed by atoms with E-state index in [1.165, 1.54) is 12.8 Å². The van der Waals surface area contributed by atoms with Gasteiger partial charge in [-0.05, 0) is 38.6 Å². The molecule has 15 heavy (non-hydrogen) atoms. The quantitative estimate of drug-likeness (QED) is 0.719. The van der Waals surface area contributed by atoms with Gasteiger partial charge in [-0.1, -0.05) is 25.7 Å². The van der Waals surface area contributed by atoms with Crippen LogP contribution in [0.5, 0.6) is 0 Å². The SMILES string of the molecule is CC(F)(F)C(CCN)C1CCCCCC1. The minimum Gasteiger partial charge on any atom is -0.330 e. The summed E-state index contributed by atoms with van der Waals surface area (Å²) in [6.07, 6.45) is 7.04. The van der Waals surface area contributed by atoms with Gasteiger partial charge in [0.15, 0.2) is 0 Å². The van der Waals surface area contributed by atoms with E-state index in [0.717, 1.165) is 32.6 Å². The molecule has 0 aromatic heterocycles. The van der Waals surface area contributed by atoms with Gasteiger partial charge in [0.2, 0.25) is 5.92 Å². The van der Waals surface area contributed by atoms with Crippen molar-refractivity contribution in [1.29, 1.82) is 0 Å². The van der Waals surface area contributed by atoms with Crippen molar-refractivity contribution >= 4 is 0 Å². The summed E-state index contributed by atoms with van der Waals surface area (Å²) in [5.74, 6) is -2.87. The van der Waals surface area contributed by atoms with Gasteiger partial charge in [-0.25, -0.2) is 8.78 Å². The van der Waals surface area contributed by atoms with Gasteiger partial charge in [0.25, 0.3) is 0 Å². The van der Waals surface area contributed by atoms with E-state index in [1.54, 1.807) is 0 Å². The zero-order valence-electron chi connectivity index (χ0n) is 9.64. The molecule has 1 aliphatic carbocycles. The standard InChI is InChI=1S/C12H23F2N/c1-12(13,14)11(8-9-15)10-6-4-2-3-5-7-10/h10-11H,2-9,15H2,1H3. The Labute approximate surface area is 91.4 Å². The normalized spacial score (nSPS) is 22.4.